The van der Waals surface area contributed by atoms with Crippen molar-refractivity contribution in [3.63, 3.8) is 0 Å². The molecule has 1 aromatic heterocycles. The molecule has 0 aliphatic carbocycles. The molecule has 0 fully saturated rings. The molecule has 27 heavy (non-hydrogen) atoms. The van der Waals surface area contributed by atoms with Gasteiger partial charge in [0.05, 0.1) is 11.4 Å². The zero-order chi connectivity index (χ0) is 19.9. The van der Waals surface area contributed by atoms with E-state index in [1.807, 2.05) is 31.2 Å². The molecule has 0 unspecified atom stereocenters. The van der Waals surface area contributed by atoms with E-state index in [1.54, 1.807) is 7.05 Å². The smallest absolute Gasteiger partial charge is 0.191 e. The van der Waals surface area contributed by atoms with Gasteiger partial charge in [-0.15, -0.1) is 0 Å². The number of rotatable bonds is 8. The van der Waals surface area contributed by atoms with E-state index in [0.29, 0.717) is 19.0 Å². The Hall–Kier alpha value is -2.35. The van der Waals surface area contributed by atoms with E-state index in [4.69, 9.17) is 4.52 Å². The summed E-state index contributed by atoms with van der Waals surface area (Å²) in [4.78, 5) is 4.24. The summed E-state index contributed by atoms with van der Waals surface area (Å²) in [5.41, 5.74) is 3.89. The fourth-order valence-corrected chi connectivity index (χ4v) is 3.57. The second kappa shape index (κ2) is 9.55. The van der Waals surface area contributed by atoms with Crippen LogP contribution in [0.25, 0.3) is 0 Å². The highest BCUT2D eigenvalue weighted by Gasteiger charge is 2.13. The number of hydrogen-bond acceptors (Lipinski definition) is 5. The fourth-order valence-electron chi connectivity index (χ4n) is 2.77. The standard InChI is InChI=1S/C19H28N4O3S/c1-5-17-16(18(6-2)26-23-17)12-22-19(20-3)21-11-14-7-9-15(10-8-14)13-27(4,24)25/h7-10H,5-6,11-13H2,1-4H3,(H2,20,21,22). The first-order valence-electron chi connectivity index (χ1n) is 9.02. The summed E-state index contributed by atoms with van der Waals surface area (Å²) in [5, 5.41) is 10.7. The molecule has 0 bridgehead atoms. The molecule has 0 saturated carbocycles. The van der Waals surface area contributed by atoms with Crippen LogP contribution in [0.3, 0.4) is 0 Å². The number of benzene rings is 1. The van der Waals surface area contributed by atoms with Gasteiger partial charge in [-0.1, -0.05) is 43.3 Å². The Morgan fingerprint density at radius 3 is 2.26 bits per heavy atom. The second-order valence-corrected chi connectivity index (χ2v) is 8.54. The predicted octanol–water partition coefficient (Wildman–Crippen LogP) is 2.21. The summed E-state index contributed by atoms with van der Waals surface area (Å²) in [6.45, 7) is 5.29. The molecule has 7 nitrogen and oxygen atoms in total. The normalized spacial score (nSPS) is 12.2. The highest BCUT2D eigenvalue weighted by molar-refractivity contribution is 7.89. The molecular formula is C19H28N4O3S. The van der Waals surface area contributed by atoms with Crippen molar-refractivity contribution in [3.8, 4) is 0 Å². The highest BCUT2D eigenvalue weighted by atomic mass is 32.2. The van der Waals surface area contributed by atoms with Crippen LogP contribution in [-0.4, -0.2) is 32.8 Å². The molecule has 1 heterocycles. The number of aliphatic imine (C=N–C) groups is 1. The van der Waals surface area contributed by atoms with Crippen LogP contribution < -0.4 is 10.6 Å². The van der Waals surface area contributed by atoms with E-state index in [0.717, 1.165) is 41.0 Å². The first-order chi connectivity index (χ1) is 12.9. The van der Waals surface area contributed by atoms with Crippen molar-refractivity contribution in [2.75, 3.05) is 13.3 Å². The van der Waals surface area contributed by atoms with Crippen molar-refractivity contribution < 1.29 is 12.9 Å². The molecule has 8 heteroatoms. The zero-order valence-corrected chi connectivity index (χ0v) is 17.2. The third kappa shape index (κ3) is 6.39. The Morgan fingerprint density at radius 1 is 1.07 bits per heavy atom. The van der Waals surface area contributed by atoms with Crippen molar-refractivity contribution in [3.05, 3.63) is 52.4 Å². The summed E-state index contributed by atoms with van der Waals surface area (Å²) in [5.74, 6) is 1.64. The van der Waals surface area contributed by atoms with Crippen molar-refractivity contribution in [2.24, 2.45) is 4.99 Å². The molecule has 2 rings (SSSR count). The maximum absolute atomic E-state index is 11.4. The van der Waals surface area contributed by atoms with Gasteiger partial charge in [0.25, 0.3) is 0 Å². The largest absolute Gasteiger partial charge is 0.361 e. The number of aromatic nitrogens is 1. The van der Waals surface area contributed by atoms with Gasteiger partial charge in [0.15, 0.2) is 15.8 Å². The van der Waals surface area contributed by atoms with E-state index < -0.39 is 9.84 Å². The molecule has 1 aromatic carbocycles. The first kappa shape index (κ1) is 21.0. The fraction of sp³-hybridized carbons (Fsp3) is 0.474. The Labute approximate surface area is 161 Å². The van der Waals surface area contributed by atoms with Crippen molar-refractivity contribution in [1.82, 2.24) is 15.8 Å². The second-order valence-electron chi connectivity index (χ2n) is 6.40. The van der Waals surface area contributed by atoms with E-state index in [-0.39, 0.29) is 5.75 Å². The molecule has 0 spiro atoms. The maximum atomic E-state index is 11.4. The van der Waals surface area contributed by atoms with Crippen LogP contribution >= 0.6 is 0 Å². The summed E-state index contributed by atoms with van der Waals surface area (Å²) in [6, 6.07) is 7.52. The Morgan fingerprint density at radius 2 is 1.70 bits per heavy atom. The van der Waals surface area contributed by atoms with Crippen LogP contribution in [-0.2, 0) is 41.5 Å². The van der Waals surface area contributed by atoms with Gasteiger partial charge in [0.1, 0.15) is 5.76 Å². The molecule has 0 atom stereocenters. The lowest BCUT2D eigenvalue weighted by molar-refractivity contribution is 0.380. The molecule has 2 aromatic rings. The highest BCUT2D eigenvalue weighted by Crippen LogP contribution is 2.15. The van der Waals surface area contributed by atoms with Crippen LogP contribution in [0.5, 0.6) is 0 Å². The number of sulfone groups is 1. The minimum Gasteiger partial charge on any atom is -0.361 e. The molecule has 0 amide bonds. The average Bonchev–Trinajstić information content (AvgIpc) is 3.04. The Bertz CT molecular complexity index is 849. The molecule has 0 aliphatic rings. The van der Waals surface area contributed by atoms with E-state index in [2.05, 4.69) is 27.7 Å². The lowest BCUT2D eigenvalue weighted by atomic mass is 10.1. The molecular weight excluding hydrogens is 364 g/mol. The zero-order valence-electron chi connectivity index (χ0n) is 16.4. The maximum Gasteiger partial charge on any atom is 0.191 e. The number of nitrogens with one attached hydrogen (secondary N) is 2. The number of nitrogens with zero attached hydrogens (tertiary/aromatic N) is 2. The molecule has 148 valence electrons. The number of hydrogen-bond donors (Lipinski definition) is 2. The summed E-state index contributed by atoms with van der Waals surface area (Å²) in [7, 11) is -1.30. The Balaban J connectivity index is 1.92. The summed E-state index contributed by atoms with van der Waals surface area (Å²) < 4.78 is 28.1. The first-order valence-corrected chi connectivity index (χ1v) is 11.1. The van der Waals surface area contributed by atoms with Gasteiger partial charge in [-0.25, -0.2) is 8.42 Å². The third-order valence-corrected chi connectivity index (χ3v) is 5.03. The molecule has 0 saturated heterocycles. The predicted molar refractivity (Wildman–Crippen MR) is 107 cm³/mol. The van der Waals surface area contributed by atoms with Crippen LogP contribution in [0.4, 0.5) is 0 Å². The molecule has 0 aliphatic heterocycles. The lowest BCUT2D eigenvalue weighted by Crippen LogP contribution is -2.36. The van der Waals surface area contributed by atoms with Gasteiger partial charge in [-0.05, 0) is 17.5 Å². The quantitative estimate of drug-likeness (QED) is 0.528. The van der Waals surface area contributed by atoms with Crippen molar-refractivity contribution in [1.29, 1.82) is 0 Å². The van der Waals surface area contributed by atoms with Crippen LogP contribution in [0.15, 0.2) is 33.8 Å². The van der Waals surface area contributed by atoms with E-state index >= 15 is 0 Å². The van der Waals surface area contributed by atoms with Gasteiger partial charge in [0, 0.05) is 38.4 Å². The lowest BCUT2D eigenvalue weighted by Gasteiger charge is -2.12. The van der Waals surface area contributed by atoms with E-state index in [9.17, 15) is 8.42 Å². The van der Waals surface area contributed by atoms with Crippen LogP contribution in [0, 0.1) is 0 Å². The van der Waals surface area contributed by atoms with Crippen LogP contribution in [0.1, 0.15) is 42.0 Å². The minimum atomic E-state index is -3.02. The summed E-state index contributed by atoms with van der Waals surface area (Å²) in [6.07, 6.45) is 2.86. The molecule has 2 N–H and O–H groups in total. The number of aryl methyl sites for hydroxylation is 2. The van der Waals surface area contributed by atoms with Crippen molar-refractivity contribution >= 4 is 15.8 Å². The Kier molecular flexibility index (Phi) is 7.41. The molecule has 0 radical (unpaired) electrons. The minimum absolute atomic E-state index is 0.0577. The van der Waals surface area contributed by atoms with E-state index in [1.165, 1.54) is 6.26 Å². The van der Waals surface area contributed by atoms with Crippen LogP contribution in [0.2, 0.25) is 0 Å². The van der Waals surface area contributed by atoms with Gasteiger partial charge in [-0.3, -0.25) is 4.99 Å². The monoisotopic (exact) mass is 392 g/mol. The van der Waals surface area contributed by atoms with Gasteiger partial charge in [0.2, 0.25) is 0 Å². The SMILES string of the molecule is CCc1noc(CC)c1CNC(=NC)NCc1ccc(CS(C)(=O)=O)cc1. The third-order valence-electron chi connectivity index (χ3n) is 4.17. The van der Waals surface area contributed by atoms with Gasteiger partial charge < -0.3 is 15.2 Å². The average molecular weight is 393 g/mol. The summed E-state index contributed by atoms with van der Waals surface area (Å²) >= 11 is 0. The van der Waals surface area contributed by atoms with Gasteiger partial charge in [-0.2, -0.15) is 0 Å². The van der Waals surface area contributed by atoms with Crippen molar-refractivity contribution in [2.45, 2.75) is 45.5 Å². The number of guanidine groups is 1. The van der Waals surface area contributed by atoms with Gasteiger partial charge >= 0.3 is 0 Å². The topological polar surface area (TPSA) is 96.6 Å².